The Morgan fingerprint density at radius 2 is 2.24 bits per heavy atom. The van der Waals surface area contributed by atoms with E-state index in [1.54, 1.807) is 12.1 Å². The Bertz CT molecular complexity index is 503. The van der Waals surface area contributed by atoms with Crippen LogP contribution in [0.2, 0.25) is 5.02 Å². The number of quaternary nitrogens is 1. The monoisotopic (exact) mass is 345 g/mol. The van der Waals surface area contributed by atoms with Crippen molar-refractivity contribution in [2.24, 2.45) is 0 Å². The maximum atomic E-state index is 11.8. The van der Waals surface area contributed by atoms with Crippen LogP contribution in [0.15, 0.2) is 18.3 Å². The van der Waals surface area contributed by atoms with E-state index in [0.717, 1.165) is 30.5 Å². The van der Waals surface area contributed by atoms with E-state index in [4.69, 9.17) is 23.8 Å². The van der Waals surface area contributed by atoms with Gasteiger partial charge in [0.2, 0.25) is 5.91 Å². The van der Waals surface area contributed by atoms with Crippen molar-refractivity contribution in [2.45, 2.75) is 0 Å². The summed E-state index contributed by atoms with van der Waals surface area (Å²) in [6.07, 6.45) is 1.50. The third kappa shape index (κ3) is 5.43. The van der Waals surface area contributed by atoms with Crippen LogP contribution in [0.3, 0.4) is 0 Å². The van der Waals surface area contributed by atoms with Gasteiger partial charge in [-0.3, -0.25) is 4.79 Å². The third-order valence-corrected chi connectivity index (χ3v) is 4.94. The number of carbonyl (C=O) groups is 1. The molecule has 1 aromatic rings. The van der Waals surface area contributed by atoms with Crippen LogP contribution in [-0.4, -0.2) is 59.1 Å². The van der Waals surface area contributed by atoms with Crippen molar-refractivity contribution in [1.29, 1.82) is 0 Å². The van der Waals surface area contributed by atoms with E-state index in [0.29, 0.717) is 16.6 Å². The Kier molecular flexibility index (Phi) is 6.22. The average Bonchev–Trinajstić information content (AvgIpc) is 2.48. The summed E-state index contributed by atoms with van der Waals surface area (Å²) in [4.78, 5) is 19.6. The zero-order valence-corrected chi connectivity index (χ0v) is 14.2. The van der Waals surface area contributed by atoms with Gasteiger partial charge in [-0.15, -0.1) is 0 Å². The molecule has 5 nitrogen and oxygen atoms in total. The molecule has 2 N–H and O–H groups in total. The number of likely N-dealkylation sites (N-methyl/N-ethyl adjacent to an activating group) is 1. The Hall–Kier alpha value is -0.890. The van der Waals surface area contributed by atoms with Gasteiger partial charge in [0.1, 0.15) is 10.1 Å². The summed E-state index contributed by atoms with van der Waals surface area (Å²) >= 11 is 12.5. The number of hydrogen-bond acceptors (Lipinski definition) is 4. The van der Waals surface area contributed by atoms with Crippen LogP contribution in [0.4, 0.5) is 5.82 Å². The lowest BCUT2D eigenvalue weighted by Crippen LogP contribution is -3.12. The average molecular weight is 346 g/mol. The van der Waals surface area contributed by atoms with Crippen LogP contribution in [0.25, 0.3) is 0 Å². The van der Waals surface area contributed by atoms with Gasteiger partial charge in [-0.05, 0) is 12.1 Å². The maximum absolute atomic E-state index is 11.8. The Morgan fingerprint density at radius 3 is 2.86 bits per heavy atom. The Labute approximate surface area is 139 Å². The minimum Gasteiger partial charge on any atom is -0.346 e. The van der Waals surface area contributed by atoms with Gasteiger partial charge in [0, 0.05) is 6.20 Å². The third-order valence-electron chi connectivity index (χ3n) is 3.20. The van der Waals surface area contributed by atoms with Gasteiger partial charge in [-0.25, -0.2) is 4.98 Å². The van der Waals surface area contributed by atoms with Crippen LogP contribution in [-0.2, 0) is 4.79 Å². The second kappa shape index (κ2) is 7.93. The number of amides is 1. The maximum Gasteiger partial charge on any atom is 0.235 e. The van der Waals surface area contributed by atoms with Gasteiger partial charge in [-0.2, -0.15) is 0 Å². The standard InChI is InChI=1S/C13H17ClN4OS2/c1-17-4-6-18(7-5-17)13(20)21-9-12(19)16-11-3-2-10(14)8-15-11/h2-3,8H,4-7,9H2,1H3,(H,15,16,19)/p+1. The van der Waals surface area contributed by atoms with Crippen LogP contribution in [0, 0.1) is 0 Å². The summed E-state index contributed by atoms with van der Waals surface area (Å²) in [6.45, 7) is 4.08. The quantitative estimate of drug-likeness (QED) is 0.782. The number of rotatable bonds is 3. The molecule has 1 fully saturated rings. The van der Waals surface area contributed by atoms with Crippen LogP contribution >= 0.6 is 35.6 Å². The Morgan fingerprint density at radius 1 is 1.52 bits per heavy atom. The lowest BCUT2D eigenvalue weighted by Gasteiger charge is -2.31. The molecule has 0 unspecified atom stereocenters. The van der Waals surface area contributed by atoms with Crippen molar-refractivity contribution in [1.82, 2.24) is 9.88 Å². The molecule has 1 aromatic heterocycles. The molecule has 0 spiro atoms. The molecular weight excluding hydrogens is 328 g/mol. The molecule has 1 aliphatic rings. The normalized spacial score (nSPS) is 15.8. The van der Waals surface area contributed by atoms with Crippen LogP contribution in [0.1, 0.15) is 0 Å². The largest absolute Gasteiger partial charge is 0.346 e. The number of nitrogens with one attached hydrogen (secondary N) is 2. The zero-order valence-electron chi connectivity index (χ0n) is 11.8. The first kappa shape index (κ1) is 16.5. The zero-order chi connectivity index (χ0) is 15.2. The first-order chi connectivity index (χ1) is 10.0. The molecule has 0 aliphatic carbocycles. The molecule has 0 bridgehead atoms. The number of thioether (sulfide) groups is 1. The molecule has 1 aliphatic heterocycles. The topological polar surface area (TPSA) is 49.7 Å². The lowest BCUT2D eigenvalue weighted by molar-refractivity contribution is -0.883. The van der Waals surface area contributed by atoms with Crippen molar-refractivity contribution in [3.05, 3.63) is 23.4 Å². The Balaban J connectivity index is 1.73. The molecule has 21 heavy (non-hydrogen) atoms. The molecule has 2 heterocycles. The molecule has 8 heteroatoms. The highest BCUT2D eigenvalue weighted by Gasteiger charge is 2.19. The minimum absolute atomic E-state index is 0.114. The van der Waals surface area contributed by atoms with Gasteiger partial charge in [0.25, 0.3) is 0 Å². The van der Waals surface area contributed by atoms with E-state index < -0.39 is 0 Å². The van der Waals surface area contributed by atoms with E-state index >= 15 is 0 Å². The highest BCUT2D eigenvalue weighted by molar-refractivity contribution is 8.23. The second-order valence-corrected chi connectivity index (χ2v) is 6.95. The van der Waals surface area contributed by atoms with E-state index in [9.17, 15) is 4.79 Å². The second-order valence-electron chi connectivity index (χ2n) is 4.91. The van der Waals surface area contributed by atoms with Gasteiger partial charge < -0.3 is 15.1 Å². The number of anilines is 1. The van der Waals surface area contributed by atoms with Crippen molar-refractivity contribution < 1.29 is 9.69 Å². The number of nitrogens with zero attached hydrogens (tertiary/aromatic N) is 2. The van der Waals surface area contributed by atoms with E-state index in [-0.39, 0.29) is 5.91 Å². The first-order valence-electron chi connectivity index (χ1n) is 6.69. The molecule has 0 aromatic carbocycles. The molecule has 1 amide bonds. The predicted octanol–water partition coefficient (Wildman–Crippen LogP) is 0.522. The molecule has 1 saturated heterocycles. The van der Waals surface area contributed by atoms with Gasteiger partial charge in [0.15, 0.2) is 0 Å². The molecular formula is C13H18ClN4OS2+. The number of carbonyl (C=O) groups excluding carboxylic acids is 1. The molecule has 2 rings (SSSR count). The summed E-state index contributed by atoms with van der Waals surface area (Å²) in [7, 11) is 2.18. The van der Waals surface area contributed by atoms with Gasteiger partial charge in [-0.1, -0.05) is 35.6 Å². The lowest BCUT2D eigenvalue weighted by atomic mass is 10.4. The fourth-order valence-corrected chi connectivity index (χ4v) is 3.08. The SMILES string of the molecule is C[NH+]1CCN(C(=S)SCC(=O)Nc2ccc(Cl)cn2)CC1. The van der Waals surface area contributed by atoms with Gasteiger partial charge in [0.05, 0.1) is 44.0 Å². The van der Waals surface area contributed by atoms with E-state index in [1.165, 1.54) is 22.9 Å². The summed E-state index contributed by atoms with van der Waals surface area (Å²) in [6, 6.07) is 3.36. The minimum atomic E-state index is -0.114. The smallest absolute Gasteiger partial charge is 0.235 e. The van der Waals surface area contributed by atoms with Crippen LogP contribution in [0.5, 0.6) is 0 Å². The van der Waals surface area contributed by atoms with Crippen molar-refractivity contribution >= 4 is 51.6 Å². The fraction of sp³-hybridized carbons (Fsp3) is 0.462. The predicted molar refractivity (Wildman–Crippen MR) is 91.1 cm³/mol. The van der Waals surface area contributed by atoms with Crippen LogP contribution < -0.4 is 10.2 Å². The number of halogens is 1. The summed E-state index contributed by atoms with van der Waals surface area (Å²) < 4.78 is 0.793. The molecule has 0 saturated carbocycles. The number of aromatic nitrogens is 1. The number of pyridine rings is 1. The van der Waals surface area contributed by atoms with Crippen molar-refractivity contribution in [3.63, 3.8) is 0 Å². The molecule has 0 radical (unpaired) electrons. The van der Waals surface area contributed by atoms with Crippen molar-refractivity contribution in [3.8, 4) is 0 Å². The number of hydrogen-bond donors (Lipinski definition) is 2. The van der Waals surface area contributed by atoms with Crippen molar-refractivity contribution in [2.75, 3.05) is 44.3 Å². The molecule has 114 valence electrons. The van der Waals surface area contributed by atoms with E-state index in [1.807, 2.05) is 0 Å². The highest BCUT2D eigenvalue weighted by atomic mass is 35.5. The summed E-state index contributed by atoms with van der Waals surface area (Å²) in [5, 5.41) is 3.27. The fourth-order valence-electron chi connectivity index (χ4n) is 1.92. The number of piperazine rings is 1. The van der Waals surface area contributed by atoms with Gasteiger partial charge >= 0.3 is 0 Å². The summed E-state index contributed by atoms with van der Waals surface area (Å²) in [5.41, 5.74) is 0. The number of thiocarbonyl (C=S) groups is 1. The summed E-state index contributed by atoms with van der Waals surface area (Å²) in [5.74, 6) is 0.679. The van der Waals surface area contributed by atoms with E-state index in [2.05, 4.69) is 22.2 Å². The molecule has 0 atom stereocenters. The first-order valence-corrected chi connectivity index (χ1v) is 8.46. The highest BCUT2D eigenvalue weighted by Crippen LogP contribution is 2.12.